The number of benzene rings is 1. The number of halogens is 2. The fourth-order valence-corrected chi connectivity index (χ4v) is 5.75. The molecule has 0 bridgehead atoms. The number of ether oxygens (including phenoxy) is 1. The van der Waals surface area contributed by atoms with Crippen LogP contribution in [0.1, 0.15) is 20.8 Å². The zero-order valence-electron chi connectivity index (χ0n) is 16.0. The highest BCUT2D eigenvalue weighted by Gasteiger charge is 2.25. The Bertz CT molecular complexity index is 1090. The van der Waals surface area contributed by atoms with Gasteiger partial charge in [0.1, 0.15) is 15.8 Å². The van der Waals surface area contributed by atoms with E-state index in [0.29, 0.717) is 0 Å². The largest absolute Gasteiger partial charge is 0.492 e. The quantitative estimate of drug-likeness (QED) is 0.548. The number of nitrogens with one attached hydrogen (secondary N) is 1. The Labute approximate surface area is 180 Å². The molecule has 0 atom stereocenters. The molecular formula is C17H21Cl2N3O5S2. The van der Waals surface area contributed by atoms with E-state index in [1.807, 2.05) is 0 Å². The van der Waals surface area contributed by atoms with Crippen molar-refractivity contribution >= 4 is 48.9 Å². The molecule has 2 aromatic rings. The van der Waals surface area contributed by atoms with Gasteiger partial charge in [-0.25, -0.2) is 21.8 Å². The van der Waals surface area contributed by atoms with Crippen LogP contribution in [-0.2, 0) is 20.0 Å². The smallest absolute Gasteiger partial charge is 0.265 e. The van der Waals surface area contributed by atoms with Crippen LogP contribution in [0.2, 0.25) is 10.3 Å². The van der Waals surface area contributed by atoms with Gasteiger partial charge < -0.3 is 4.74 Å². The molecule has 2 rings (SSSR count). The van der Waals surface area contributed by atoms with E-state index >= 15 is 0 Å². The van der Waals surface area contributed by atoms with Crippen LogP contribution in [0.25, 0.3) is 0 Å². The van der Waals surface area contributed by atoms with Crippen LogP contribution in [0.5, 0.6) is 5.75 Å². The molecule has 0 aliphatic heterocycles. The van der Waals surface area contributed by atoms with Crippen LogP contribution in [0, 0.1) is 0 Å². The van der Waals surface area contributed by atoms with Crippen molar-refractivity contribution in [3.63, 3.8) is 0 Å². The lowest BCUT2D eigenvalue weighted by molar-refractivity contribution is 0.341. The Morgan fingerprint density at radius 1 is 1.03 bits per heavy atom. The predicted molar refractivity (Wildman–Crippen MR) is 113 cm³/mol. The predicted octanol–water partition coefficient (Wildman–Crippen LogP) is 3.62. The van der Waals surface area contributed by atoms with Crippen LogP contribution in [0.3, 0.4) is 0 Å². The molecule has 0 saturated carbocycles. The molecule has 1 heterocycles. The summed E-state index contributed by atoms with van der Waals surface area (Å²) in [6.07, 6.45) is 0. The summed E-state index contributed by atoms with van der Waals surface area (Å²) in [4.78, 5) is 3.35. The first-order valence-electron chi connectivity index (χ1n) is 8.68. The summed E-state index contributed by atoms with van der Waals surface area (Å²) in [5.74, 6) is 0.174. The summed E-state index contributed by atoms with van der Waals surface area (Å²) >= 11 is 11.6. The Morgan fingerprint density at radius 3 is 2.24 bits per heavy atom. The van der Waals surface area contributed by atoms with Gasteiger partial charge in [-0.05, 0) is 37.3 Å². The normalized spacial score (nSPS) is 12.2. The van der Waals surface area contributed by atoms with Crippen molar-refractivity contribution in [1.29, 1.82) is 0 Å². The van der Waals surface area contributed by atoms with E-state index in [9.17, 15) is 16.8 Å². The highest BCUT2D eigenvalue weighted by Crippen LogP contribution is 2.32. The summed E-state index contributed by atoms with van der Waals surface area (Å²) in [5, 5.41) is -0.272. The summed E-state index contributed by atoms with van der Waals surface area (Å²) in [6.45, 7) is 5.96. The third kappa shape index (κ3) is 5.32. The third-order valence-electron chi connectivity index (χ3n) is 3.91. The molecule has 0 fully saturated rings. The summed E-state index contributed by atoms with van der Waals surface area (Å²) in [6, 6.07) is 6.48. The molecule has 0 spiro atoms. The lowest BCUT2D eigenvalue weighted by Crippen LogP contribution is -2.30. The van der Waals surface area contributed by atoms with Crippen LogP contribution >= 0.6 is 23.2 Å². The van der Waals surface area contributed by atoms with Crippen LogP contribution in [0.4, 0.5) is 5.69 Å². The molecule has 160 valence electrons. The summed E-state index contributed by atoms with van der Waals surface area (Å²) in [5.41, 5.74) is -0.0360. The number of hydrogen-bond acceptors (Lipinski definition) is 6. The van der Waals surface area contributed by atoms with E-state index in [-0.39, 0.29) is 51.2 Å². The maximum absolute atomic E-state index is 12.8. The Morgan fingerprint density at radius 2 is 1.69 bits per heavy atom. The van der Waals surface area contributed by atoms with Crippen molar-refractivity contribution in [1.82, 2.24) is 9.29 Å². The fraction of sp³-hybridized carbons (Fsp3) is 0.353. The number of rotatable bonds is 9. The van der Waals surface area contributed by atoms with Crippen molar-refractivity contribution in [3.05, 3.63) is 40.6 Å². The standard InChI is InChI=1S/C17H21Cl2N3O5S2/c1-4-22(5-2)29(25,26)12-7-8-14(27-6-3)13(11-12)21-28(23,24)15-9-10-16(18)20-17(15)19/h7-11,21H,4-6H2,1-3H3. The van der Waals surface area contributed by atoms with Gasteiger partial charge in [0, 0.05) is 13.1 Å². The second-order valence-corrected chi connectivity index (χ2v) is 10.0. The number of sulfonamides is 2. The Balaban J connectivity index is 2.55. The minimum Gasteiger partial charge on any atom is -0.492 e. The maximum Gasteiger partial charge on any atom is 0.265 e. The van der Waals surface area contributed by atoms with E-state index in [4.69, 9.17) is 27.9 Å². The first-order chi connectivity index (χ1) is 13.6. The summed E-state index contributed by atoms with van der Waals surface area (Å²) < 4.78 is 60.3. The second-order valence-electron chi connectivity index (χ2n) is 5.71. The van der Waals surface area contributed by atoms with Gasteiger partial charge in [-0.15, -0.1) is 0 Å². The second kappa shape index (κ2) is 9.48. The molecule has 1 aromatic heterocycles. The van der Waals surface area contributed by atoms with E-state index in [2.05, 4.69) is 9.71 Å². The van der Waals surface area contributed by atoms with Gasteiger partial charge in [0.2, 0.25) is 10.0 Å². The highest BCUT2D eigenvalue weighted by atomic mass is 35.5. The molecule has 0 amide bonds. The zero-order valence-corrected chi connectivity index (χ0v) is 19.2. The molecule has 29 heavy (non-hydrogen) atoms. The molecule has 0 aliphatic rings. The first-order valence-corrected chi connectivity index (χ1v) is 12.4. The van der Waals surface area contributed by atoms with Gasteiger partial charge in [-0.2, -0.15) is 4.31 Å². The maximum atomic E-state index is 12.8. The molecule has 0 saturated heterocycles. The van der Waals surface area contributed by atoms with Gasteiger partial charge in [0.25, 0.3) is 10.0 Å². The lowest BCUT2D eigenvalue weighted by Gasteiger charge is -2.20. The molecular weight excluding hydrogens is 461 g/mol. The van der Waals surface area contributed by atoms with Crippen molar-refractivity contribution in [2.45, 2.75) is 30.6 Å². The van der Waals surface area contributed by atoms with Crippen molar-refractivity contribution in [3.8, 4) is 5.75 Å². The minimum absolute atomic E-state index is 0.0360. The zero-order chi connectivity index (χ0) is 21.8. The average Bonchev–Trinajstić information content (AvgIpc) is 2.63. The monoisotopic (exact) mass is 481 g/mol. The lowest BCUT2D eigenvalue weighted by atomic mass is 10.3. The van der Waals surface area contributed by atoms with E-state index in [1.165, 1.54) is 34.6 Å². The highest BCUT2D eigenvalue weighted by molar-refractivity contribution is 7.93. The average molecular weight is 482 g/mol. The van der Waals surface area contributed by atoms with Crippen LogP contribution in [0.15, 0.2) is 40.1 Å². The fourth-order valence-electron chi connectivity index (χ4n) is 2.54. The van der Waals surface area contributed by atoms with Gasteiger partial charge >= 0.3 is 0 Å². The summed E-state index contributed by atoms with van der Waals surface area (Å²) in [7, 11) is -7.99. The van der Waals surface area contributed by atoms with Crippen molar-refractivity contribution < 1.29 is 21.6 Å². The van der Waals surface area contributed by atoms with E-state index in [1.54, 1.807) is 20.8 Å². The third-order valence-corrected chi connectivity index (χ3v) is 7.96. The van der Waals surface area contributed by atoms with Gasteiger partial charge in [0.15, 0.2) is 5.15 Å². The van der Waals surface area contributed by atoms with Crippen LogP contribution in [-0.4, -0.2) is 45.8 Å². The molecule has 8 nitrogen and oxygen atoms in total. The van der Waals surface area contributed by atoms with Gasteiger partial charge in [0.05, 0.1) is 17.2 Å². The number of anilines is 1. The molecule has 12 heteroatoms. The number of aromatic nitrogens is 1. The van der Waals surface area contributed by atoms with Gasteiger partial charge in [-0.1, -0.05) is 37.0 Å². The molecule has 0 aliphatic carbocycles. The Hall–Kier alpha value is -1.59. The van der Waals surface area contributed by atoms with Gasteiger partial charge in [-0.3, -0.25) is 4.72 Å². The number of nitrogens with zero attached hydrogens (tertiary/aromatic N) is 2. The van der Waals surface area contributed by atoms with E-state index < -0.39 is 20.0 Å². The molecule has 0 unspecified atom stereocenters. The molecule has 1 aromatic carbocycles. The number of pyridine rings is 1. The van der Waals surface area contributed by atoms with Crippen molar-refractivity contribution in [2.75, 3.05) is 24.4 Å². The minimum atomic E-state index is -4.19. The first kappa shape index (κ1) is 23.7. The Kier molecular flexibility index (Phi) is 7.74. The number of hydrogen-bond donors (Lipinski definition) is 1. The topological polar surface area (TPSA) is 106 Å². The van der Waals surface area contributed by atoms with E-state index in [0.717, 1.165) is 0 Å². The molecule has 0 radical (unpaired) electrons. The van der Waals surface area contributed by atoms with Crippen LogP contribution < -0.4 is 9.46 Å². The SMILES string of the molecule is CCOc1ccc(S(=O)(=O)N(CC)CC)cc1NS(=O)(=O)c1ccc(Cl)nc1Cl. The van der Waals surface area contributed by atoms with Crippen molar-refractivity contribution in [2.24, 2.45) is 0 Å². The molecule has 1 N–H and O–H groups in total.